The van der Waals surface area contributed by atoms with E-state index in [2.05, 4.69) is 52.2 Å². The number of hydrogen-bond acceptors (Lipinski definition) is 4. The maximum atomic E-state index is 14.2. The van der Waals surface area contributed by atoms with Crippen LogP contribution in [-0.4, -0.2) is 57.5 Å². The van der Waals surface area contributed by atoms with Crippen molar-refractivity contribution in [3.63, 3.8) is 0 Å². The standard InChI is InChI=1S/C34H45FN4O2/c1-4-39-32(21-30(37-39)17-24-9-6-5-7-10-24)25-13-15-38(16-14-25)22-27-19-29(36-33(23(2)3)34(40)41)20-31(27)26-11-8-12-28(35)18-26/h5-12,18,21,23,25,27,29,31,33,36H,4,13-17,19-20,22H2,1-3H3,(H,40,41)/t27-,29?,31+,33+/m0/s1. The molecule has 7 heteroatoms. The van der Waals surface area contributed by atoms with E-state index in [1.54, 1.807) is 12.1 Å². The van der Waals surface area contributed by atoms with Gasteiger partial charge in [-0.25, -0.2) is 4.39 Å². The Balaban J connectivity index is 1.24. The second-order valence-electron chi connectivity index (χ2n) is 12.4. The van der Waals surface area contributed by atoms with E-state index in [4.69, 9.17) is 5.10 Å². The summed E-state index contributed by atoms with van der Waals surface area (Å²) in [5, 5.41) is 18.1. The fraction of sp³-hybridized carbons (Fsp3) is 0.529. The second kappa shape index (κ2) is 13.3. The Labute approximate surface area is 244 Å². The summed E-state index contributed by atoms with van der Waals surface area (Å²) in [4.78, 5) is 14.5. The maximum Gasteiger partial charge on any atom is 0.320 e. The van der Waals surface area contributed by atoms with Crippen LogP contribution in [0.25, 0.3) is 0 Å². The van der Waals surface area contributed by atoms with E-state index in [0.717, 1.165) is 69.5 Å². The summed E-state index contributed by atoms with van der Waals surface area (Å²) in [5.41, 5.74) is 4.81. The number of piperidine rings is 1. The first kappa shape index (κ1) is 29.5. The normalized spacial score (nSPS) is 22.8. The number of aromatic nitrogens is 2. The monoisotopic (exact) mass is 560 g/mol. The Morgan fingerprint density at radius 3 is 2.49 bits per heavy atom. The van der Waals surface area contributed by atoms with E-state index in [1.165, 1.54) is 17.3 Å². The molecule has 4 atom stereocenters. The van der Waals surface area contributed by atoms with Gasteiger partial charge in [-0.1, -0.05) is 56.3 Å². The summed E-state index contributed by atoms with van der Waals surface area (Å²) in [6.45, 7) is 9.96. The van der Waals surface area contributed by atoms with Crippen LogP contribution in [0, 0.1) is 17.7 Å². The molecule has 6 nitrogen and oxygen atoms in total. The van der Waals surface area contributed by atoms with Gasteiger partial charge in [-0.15, -0.1) is 0 Å². The summed E-state index contributed by atoms with van der Waals surface area (Å²) >= 11 is 0. The molecule has 1 saturated carbocycles. The van der Waals surface area contributed by atoms with Crippen LogP contribution in [0.5, 0.6) is 0 Å². The molecule has 0 amide bonds. The predicted octanol–water partition coefficient (Wildman–Crippen LogP) is 6.07. The molecule has 1 aliphatic carbocycles. The minimum Gasteiger partial charge on any atom is -0.480 e. The largest absolute Gasteiger partial charge is 0.480 e. The highest BCUT2D eigenvalue weighted by Crippen LogP contribution is 2.42. The number of carbonyl (C=O) groups is 1. The van der Waals surface area contributed by atoms with Gasteiger partial charge in [0.25, 0.3) is 0 Å². The number of rotatable bonds is 11. The van der Waals surface area contributed by atoms with E-state index in [9.17, 15) is 14.3 Å². The molecular formula is C34H45FN4O2. The number of carboxylic acids is 1. The summed E-state index contributed by atoms with van der Waals surface area (Å²) < 4.78 is 16.4. The zero-order valence-corrected chi connectivity index (χ0v) is 24.7. The van der Waals surface area contributed by atoms with Gasteiger partial charge in [0.1, 0.15) is 11.9 Å². The number of halogens is 1. The first-order valence-corrected chi connectivity index (χ1v) is 15.4. The predicted molar refractivity (Wildman–Crippen MR) is 161 cm³/mol. The fourth-order valence-corrected chi connectivity index (χ4v) is 7.11. The lowest BCUT2D eigenvalue weighted by Gasteiger charge is -2.35. The van der Waals surface area contributed by atoms with Gasteiger partial charge in [-0.3, -0.25) is 9.48 Å². The van der Waals surface area contributed by atoms with Crippen LogP contribution in [0.4, 0.5) is 4.39 Å². The van der Waals surface area contributed by atoms with Gasteiger partial charge in [-0.05, 0) is 92.8 Å². The highest BCUT2D eigenvalue weighted by atomic mass is 19.1. The number of aliphatic carboxylic acids is 1. The highest BCUT2D eigenvalue weighted by Gasteiger charge is 2.39. The summed E-state index contributed by atoms with van der Waals surface area (Å²) in [5.74, 6) is 0.0653. The Hall–Kier alpha value is -3.03. The minimum absolute atomic E-state index is 0.00274. The van der Waals surface area contributed by atoms with Crippen molar-refractivity contribution in [2.45, 2.75) is 83.3 Å². The Kier molecular flexibility index (Phi) is 9.56. The SMILES string of the molecule is CCn1nc(Cc2ccccc2)cc1C1CCN(C[C@@H]2CC(N[C@@H](C(=O)O)C(C)C)C[C@@H]2c2cccc(F)c2)CC1. The quantitative estimate of drug-likeness (QED) is 0.298. The molecule has 3 aromatic rings. The van der Waals surface area contributed by atoms with E-state index in [1.807, 2.05) is 26.0 Å². The van der Waals surface area contributed by atoms with E-state index in [-0.39, 0.29) is 23.7 Å². The average Bonchev–Trinajstić information content (AvgIpc) is 3.56. The molecule has 2 heterocycles. The molecule has 0 radical (unpaired) electrons. The number of aryl methyl sites for hydroxylation is 1. The summed E-state index contributed by atoms with van der Waals surface area (Å²) in [6, 6.07) is 19.4. The van der Waals surface area contributed by atoms with Crippen molar-refractivity contribution in [3.8, 4) is 0 Å². The van der Waals surface area contributed by atoms with Gasteiger partial charge in [0.2, 0.25) is 0 Å². The molecule has 0 spiro atoms. The number of benzene rings is 2. The molecule has 2 aliphatic rings. The third-order valence-corrected chi connectivity index (χ3v) is 9.21. The third kappa shape index (κ3) is 7.25. The fourth-order valence-electron chi connectivity index (χ4n) is 7.11. The molecule has 2 fully saturated rings. The maximum absolute atomic E-state index is 14.2. The zero-order chi connectivity index (χ0) is 28.9. The van der Waals surface area contributed by atoms with Crippen molar-refractivity contribution in [3.05, 3.63) is 89.0 Å². The topological polar surface area (TPSA) is 70.4 Å². The molecular weight excluding hydrogens is 515 g/mol. The van der Waals surface area contributed by atoms with E-state index in [0.29, 0.717) is 11.8 Å². The van der Waals surface area contributed by atoms with Crippen molar-refractivity contribution in [2.75, 3.05) is 19.6 Å². The van der Waals surface area contributed by atoms with Crippen LogP contribution in [0.1, 0.15) is 80.8 Å². The lowest BCUT2D eigenvalue weighted by atomic mass is 9.87. The molecule has 2 aromatic carbocycles. The van der Waals surface area contributed by atoms with Crippen LogP contribution in [-0.2, 0) is 17.8 Å². The lowest BCUT2D eigenvalue weighted by Crippen LogP contribution is -2.46. The first-order chi connectivity index (χ1) is 19.8. The minimum atomic E-state index is -0.800. The number of carboxylic acid groups (broad SMARTS) is 1. The average molecular weight is 561 g/mol. The van der Waals surface area contributed by atoms with Crippen molar-refractivity contribution in [1.29, 1.82) is 0 Å². The molecule has 0 bridgehead atoms. The molecule has 1 unspecified atom stereocenters. The van der Waals surface area contributed by atoms with Gasteiger partial charge in [0, 0.05) is 37.2 Å². The first-order valence-electron chi connectivity index (χ1n) is 15.4. The molecule has 5 rings (SSSR count). The van der Waals surface area contributed by atoms with Crippen molar-refractivity contribution >= 4 is 5.97 Å². The Morgan fingerprint density at radius 2 is 1.83 bits per heavy atom. The third-order valence-electron chi connectivity index (χ3n) is 9.21. The highest BCUT2D eigenvalue weighted by molar-refractivity contribution is 5.73. The number of nitrogens with zero attached hydrogens (tertiary/aromatic N) is 3. The summed E-state index contributed by atoms with van der Waals surface area (Å²) in [6.07, 6.45) is 4.80. The zero-order valence-electron chi connectivity index (χ0n) is 24.7. The van der Waals surface area contributed by atoms with Crippen molar-refractivity contribution in [1.82, 2.24) is 20.0 Å². The second-order valence-corrected chi connectivity index (χ2v) is 12.4. The van der Waals surface area contributed by atoms with Crippen LogP contribution < -0.4 is 5.32 Å². The molecule has 41 heavy (non-hydrogen) atoms. The Morgan fingerprint density at radius 1 is 1.07 bits per heavy atom. The van der Waals surface area contributed by atoms with Crippen molar-refractivity contribution < 1.29 is 14.3 Å². The number of likely N-dealkylation sites (tertiary alicyclic amines) is 1. The molecule has 2 N–H and O–H groups in total. The van der Waals surface area contributed by atoms with Gasteiger partial charge in [0.15, 0.2) is 0 Å². The van der Waals surface area contributed by atoms with Crippen molar-refractivity contribution in [2.24, 2.45) is 11.8 Å². The van der Waals surface area contributed by atoms with Crippen LogP contribution in [0.3, 0.4) is 0 Å². The van der Waals surface area contributed by atoms with Crippen LogP contribution in [0.2, 0.25) is 0 Å². The molecule has 1 saturated heterocycles. The van der Waals surface area contributed by atoms with Crippen LogP contribution in [0.15, 0.2) is 60.7 Å². The van der Waals surface area contributed by atoms with E-state index < -0.39 is 12.0 Å². The summed E-state index contributed by atoms with van der Waals surface area (Å²) in [7, 11) is 0. The number of hydrogen-bond donors (Lipinski definition) is 2. The number of nitrogens with one attached hydrogen (secondary N) is 1. The van der Waals surface area contributed by atoms with Gasteiger partial charge >= 0.3 is 5.97 Å². The van der Waals surface area contributed by atoms with Gasteiger partial charge < -0.3 is 15.3 Å². The van der Waals surface area contributed by atoms with Crippen LogP contribution >= 0.6 is 0 Å². The Bertz CT molecular complexity index is 1280. The van der Waals surface area contributed by atoms with Gasteiger partial charge in [0.05, 0.1) is 5.69 Å². The molecule has 220 valence electrons. The lowest BCUT2D eigenvalue weighted by molar-refractivity contribution is -0.140. The van der Waals surface area contributed by atoms with Gasteiger partial charge in [-0.2, -0.15) is 5.10 Å². The molecule has 1 aliphatic heterocycles. The molecule has 1 aromatic heterocycles. The smallest absolute Gasteiger partial charge is 0.320 e. The van der Waals surface area contributed by atoms with E-state index >= 15 is 0 Å².